The second-order valence-corrected chi connectivity index (χ2v) is 11.1. The molecule has 0 bridgehead atoms. The fourth-order valence-electron chi connectivity index (χ4n) is 6.58. The van der Waals surface area contributed by atoms with E-state index < -0.39 is 5.97 Å². The van der Waals surface area contributed by atoms with Crippen LogP contribution in [-0.2, 0) is 5.41 Å². The molecular formula is C30H31ClN2O3. The van der Waals surface area contributed by atoms with Gasteiger partial charge in [-0.3, -0.25) is 4.79 Å². The third kappa shape index (κ3) is 4.60. The number of fused-ring (bicyclic) bond motifs is 1. The first-order valence-corrected chi connectivity index (χ1v) is 12.9. The SMILES string of the molecule is CC1CC2CC(C)CC2(c2ccc(NC(=O)c3ccc(Nc4ccccc4C(=O)O)cc3)c(Cl)c2)C1. The number of carbonyl (C=O) groups is 2. The van der Waals surface area contributed by atoms with Crippen LogP contribution in [0, 0.1) is 17.8 Å². The molecule has 2 fully saturated rings. The Balaban J connectivity index is 1.29. The van der Waals surface area contributed by atoms with Crippen molar-refractivity contribution in [2.75, 3.05) is 10.6 Å². The van der Waals surface area contributed by atoms with Gasteiger partial charge < -0.3 is 15.7 Å². The summed E-state index contributed by atoms with van der Waals surface area (Å²) in [6.07, 6.45) is 4.99. The fraction of sp³-hybridized carbons (Fsp3) is 0.333. The molecule has 0 aliphatic heterocycles. The average molecular weight is 503 g/mol. The third-order valence-electron chi connectivity index (χ3n) is 7.96. The van der Waals surface area contributed by atoms with Gasteiger partial charge >= 0.3 is 5.97 Å². The van der Waals surface area contributed by atoms with Crippen LogP contribution < -0.4 is 10.6 Å². The number of para-hydroxylation sites is 1. The zero-order valence-electron chi connectivity index (χ0n) is 20.6. The highest BCUT2D eigenvalue weighted by Crippen LogP contribution is 2.59. The molecule has 186 valence electrons. The van der Waals surface area contributed by atoms with Gasteiger partial charge in [-0.05, 0) is 103 Å². The summed E-state index contributed by atoms with van der Waals surface area (Å²) in [5, 5.41) is 16.0. The van der Waals surface area contributed by atoms with E-state index in [9.17, 15) is 14.7 Å². The van der Waals surface area contributed by atoms with Crippen molar-refractivity contribution in [2.24, 2.45) is 17.8 Å². The number of halogens is 1. The van der Waals surface area contributed by atoms with E-state index in [2.05, 4.69) is 36.6 Å². The molecule has 0 aromatic heterocycles. The second kappa shape index (κ2) is 9.62. The van der Waals surface area contributed by atoms with Crippen LogP contribution in [-0.4, -0.2) is 17.0 Å². The Morgan fingerprint density at radius 1 is 0.917 bits per heavy atom. The molecule has 1 amide bonds. The van der Waals surface area contributed by atoms with Gasteiger partial charge in [0, 0.05) is 11.3 Å². The van der Waals surface area contributed by atoms with Crippen molar-refractivity contribution in [1.29, 1.82) is 0 Å². The quantitative estimate of drug-likeness (QED) is 0.322. The number of nitrogens with one attached hydrogen (secondary N) is 2. The molecule has 0 spiro atoms. The minimum Gasteiger partial charge on any atom is -0.478 e. The molecule has 0 saturated heterocycles. The van der Waals surface area contributed by atoms with E-state index in [-0.39, 0.29) is 16.9 Å². The molecule has 5 rings (SSSR count). The summed E-state index contributed by atoms with van der Waals surface area (Å²) in [4.78, 5) is 24.4. The van der Waals surface area contributed by atoms with E-state index in [1.807, 2.05) is 6.07 Å². The third-order valence-corrected chi connectivity index (χ3v) is 8.27. The maximum absolute atomic E-state index is 12.9. The van der Waals surface area contributed by atoms with E-state index >= 15 is 0 Å². The number of anilines is 3. The van der Waals surface area contributed by atoms with Gasteiger partial charge in [-0.25, -0.2) is 4.79 Å². The van der Waals surface area contributed by atoms with E-state index in [1.165, 1.54) is 31.2 Å². The molecule has 0 radical (unpaired) electrons. The molecule has 36 heavy (non-hydrogen) atoms. The van der Waals surface area contributed by atoms with Crippen LogP contribution in [0.15, 0.2) is 66.7 Å². The smallest absolute Gasteiger partial charge is 0.337 e. The molecular weight excluding hydrogens is 472 g/mol. The summed E-state index contributed by atoms with van der Waals surface area (Å²) in [6, 6.07) is 19.8. The van der Waals surface area contributed by atoms with E-state index in [4.69, 9.17) is 11.6 Å². The maximum atomic E-state index is 12.9. The summed E-state index contributed by atoms with van der Waals surface area (Å²) in [6.45, 7) is 4.71. The molecule has 3 aromatic carbocycles. The highest BCUT2D eigenvalue weighted by Gasteiger charge is 2.52. The van der Waals surface area contributed by atoms with E-state index in [0.29, 0.717) is 33.6 Å². The zero-order valence-corrected chi connectivity index (χ0v) is 21.3. The van der Waals surface area contributed by atoms with Gasteiger partial charge in [-0.2, -0.15) is 0 Å². The Hall–Kier alpha value is -3.31. The number of carbonyl (C=O) groups excluding carboxylic acids is 1. The molecule has 3 aromatic rings. The number of aromatic carboxylic acids is 1. The Morgan fingerprint density at radius 3 is 2.22 bits per heavy atom. The molecule has 2 unspecified atom stereocenters. The predicted octanol–water partition coefficient (Wildman–Crippen LogP) is 7.75. The standard InChI is InChI=1S/C30H31ClN2O3/c1-18-13-22-14-19(2)17-30(22,16-18)21-9-12-27(25(31)15-21)33-28(34)20-7-10-23(11-8-20)32-26-6-4-3-5-24(26)29(35)36/h3-12,15,18-19,22,32H,13-14,16-17H2,1-2H3,(H,33,34)(H,35,36). The van der Waals surface area contributed by atoms with Gasteiger partial charge in [-0.15, -0.1) is 0 Å². The van der Waals surface area contributed by atoms with E-state index in [0.717, 1.165) is 11.8 Å². The van der Waals surface area contributed by atoms with Crippen LogP contribution in [0.2, 0.25) is 5.02 Å². The van der Waals surface area contributed by atoms with Crippen LogP contribution in [0.4, 0.5) is 17.1 Å². The zero-order chi connectivity index (χ0) is 25.4. The summed E-state index contributed by atoms with van der Waals surface area (Å²) >= 11 is 6.68. The van der Waals surface area contributed by atoms with Crippen molar-refractivity contribution in [2.45, 2.75) is 44.9 Å². The van der Waals surface area contributed by atoms with Crippen molar-refractivity contribution >= 4 is 40.5 Å². The lowest BCUT2D eigenvalue weighted by atomic mass is 9.73. The van der Waals surface area contributed by atoms with Gasteiger partial charge in [0.15, 0.2) is 0 Å². The lowest BCUT2D eigenvalue weighted by Crippen LogP contribution is -2.26. The first-order chi connectivity index (χ1) is 17.2. The summed E-state index contributed by atoms with van der Waals surface area (Å²) in [5.41, 5.74) is 3.97. The molecule has 3 N–H and O–H groups in total. The molecule has 5 nitrogen and oxygen atoms in total. The summed E-state index contributed by atoms with van der Waals surface area (Å²) < 4.78 is 0. The van der Waals surface area contributed by atoms with Gasteiger partial charge in [0.05, 0.1) is 22.0 Å². The number of amides is 1. The molecule has 0 heterocycles. The van der Waals surface area contributed by atoms with Gasteiger partial charge in [0.2, 0.25) is 0 Å². The Labute approximate surface area is 216 Å². The molecule has 6 heteroatoms. The number of hydrogen-bond donors (Lipinski definition) is 3. The van der Waals surface area contributed by atoms with Gasteiger partial charge in [-0.1, -0.05) is 43.6 Å². The average Bonchev–Trinajstić information content (AvgIpc) is 3.32. The number of hydrogen-bond acceptors (Lipinski definition) is 3. The summed E-state index contributed by atoms with van der Waals surface area (Å²) in [7, 11) is 0. The first-order valence-electron chi connectivity index (χ1n) is 12.6. The lowest BCUT2D eigenvalue weighted by Gasteiger charge is -2.31. The summed E-state index contributed by atoms with van der Waals surface area (Å²) in [5.74, 6) is 0.930. The van der Waals surface area contributed by atoms with Gasteiger partial charge in [0.25, 0.3) is 5.91 Å². The molecule has 2 aliphatic rings. The highest BCUT2D eigenvalue weighted by atomic mass is 35.5. The van der Waals surface area contributed by atoms with Crippen LogP contribution in [0.25, 0.3) is 0 Å². The van der Waals surface area contributed by atoms with Gasteiger partial charge in [0.1, 0.15) is 0 Å². The van der Waals surface area contributed by atoms with Crippen molar-refractivity contribution in [3.63, 3.8) is 0 Å². The molecule has 2 aliphatic carbocycles. The monoisotopic (exact) mass is 502 g/mol. The highest BCUT2D eigenvalue weighted by molar-refractivity contribution is 6.34. The largest absolute Gasteiger partial charge is 0.478 e. The lowest BCUT2D eigenvalue weighted by molar-refractivity contribution is 0.0697. The minimum atomic E-state index is -1.00. The van der Waals surface area contributed by atoms with Crippen molar-refractivity contribution in [1.82, 2.24) is 0 Å². The van der Waals surface area contributed by atoms with Crippen molar-refractivity contribution in [3.05, 3.63) is 88.4 Å². The first kappa shape index (κ1) is 24.4. The van der Waals surface area contributed by atoms with Crippen LogP contribution >= 0.6 is 11.6 Å². The van der Waals surface area contributed by atoms with Crippen molar-refractivity contribution < 1.29 is 14.7 Å². The molecule has 2 saturated carbocycles. The van der Waals surface area contributed by atoms with Crippen LogP contribution in [0.3, 0.4) is 0 Å². The Morgan fingerprint density at radius 2 is 1.58 bits per heavy atom. The molecule has 2 atom stereocenters. The second-order valence-electron chi connectivity index (χ2n) is 10.6. The number of carboxylic acid groups (broad SMARTS) is 1. The Bertz CT molecular complexity index is 1290. The number of carboxylic acids is 1. The van der Waals surface area contributed by atoms with Crippen molar-refractivity contribution in [3.8, 4) is 0 Å². The topological polar surface area (TPSA) is 78.4 Å². The fourth-order valence-corrected chi connectivity index (χ4v) is 6.80. The Kier molecular flexibility index (Phi) is 6.52. The normalized spacial score (nSPS) is 24.8. The number of rotatable bonds is 6. The minimum absolute atomic E-state index is 0.183. The van der Waals surface area contributed by atoms with E-state index in [1.54, 1.807) is 48.5 Å². The predicted molar refractivity (Wildman–Crippen MR) is 144 cm³/mol. The van der Waals surface area contributed by atoms with Crippen LogP contribution in [0.1, 0.15) is 65.8 Å². The number of benzene rings is 3. The maximum Gasteiger partial charge on any atom is 0.337 e. The van der Waals surface area contributed by atoms with Crippen LogP contribution in [0.5, 0.6) is 0 Å².